The summed E-state index contributed by atoms with van der Waals surface area (Å²) >= 11 is 0. The lowest BCUT2D eigenvalue weighted by molar-refractivity contribution is -0.115. The average molecular weight is 266 g/mol. The molecule has 3 N–H and O–H groups in total. The normalized spacial score (nSPS) is 8.26. The Morgan fingerprint density at radius 3 is 2.26 bits per heavy atom. The Hall–Kier alpha value is -1.68. The Morgan fingerprint density at radius 1 is 1.32 bits per heavy atom. The maximum Gasteiger partial charge on any atom is 0.207 e. The molecule has 19 heavy (non-hydrogen) atoms. The van der Waals surface area contributed by atoms with E-state index in [1.54, 1.807) is 0 Å². The third kappa shape index (κ3) is 12.6. The van der Waals surface area contributed by atoms with Crippen LogP contribution >= 0.6 is 0 Å². The summed E-state index contributed by atoms with van der Waals surface area (Å²) in [5, 5.41) is 2.64. The number of hydrogen-bond donors (Lipinski definition) is 2. The van der Waals surface area contributed by atoms with Gasteiger partial charge < -0.3 is 11.1 Å². The van der Waals surface area contributed by atoms with E-state index < -0.39 is 0 Å². The Bertz CT molecular complexity index is 352. The molecule has 0 aliphatic heterocycles. The van der Waals surface area contributed by atoms with Crippen LogP contribution in [0.1, 0.15) is 38.8 Å². The number of carbonyl (C=O) groups excluding carboxylic acids is 2. The predicted octanol–water partition coefficient (Wildman–Crippen LogP) is 2.06. The molecule has 0 atom stereocenters. The van der Waals surface area contributed by atoms with Crippen molar-refractivity contribution in [2.45, 2.75) is 40.7 Å². The van der Waals surface area contributed by atoms with Crippen LogP contribution in [0.2, 0.25) is 0 Å². The van der Waals surface area contributed by atoms with Gasteiger partial charge in [-0.3, -0.25) is 9.59 Å². The number of rotatable bonds is 5. The lowest BCUT2D eigenvalue weighted by atomic mass is 10.1. The van der Waals surface area contributed by atoms with Crippen molar-refractivity contribution in [2.75, 3.05) is 6.54 Å². The summed E-state index contributed by atoms with van der Waals surface area (Å²) in [6, 6.07) is 8.22. The van der Waals surface area contributed by atoms with E-state index >= 15 is 0 Å². The van der Waals surface area contributed by atoms with Crippen LogP contribution in [-0.2, 0) is 22.6 Å². The first-order valence-corrected chi connectivity index (χ1v) is 6.58. The molecule has 0 spiro atoms. The molecule has 4 heteroatoms. The molecule has 4 nitrogen and oxygen atoms in total. The molecule has 0 aromatic heterocycles. The van der Waals surface area contributed by atoms with Crippen molar-refractivity contribution in [1.82, 2.24) is 5.32 Å². The number of nitrogens with two attached hydrogens (primary N) is 1. The highest BCUT2D eigenvalue weighted by Crippen LogP contribution is 2.04. The fourth-order valence-electron chi connectivity index (χ4n) is 1.12. The second-order valence-electron chi connectivity index (χ2n) is 3.58. The molecule has 1 aromatic rings. The minimum absolute atomic E-state index is 0.0324. The lowest BCUT2D eigenvalue weighted by Crippen LogP contribution is -2.09. The number of benzene rings is 1. The molecular formula is C15H26N2O2. The highest BCUT2D eigenvalue weighted by atomic mass is 16.1. The van der Waals surface area contributed by atoms with Crippen LogP contribution in [0.4, 0.5) is 0 Å². The van der Waals surface area contributed by atoms with Gasteiger partial charge in [0.25, 0.3) is 0 Å². The van der Waals surface area contributed by atoms with Crippen LogP contribution in [0.15, 0.2) is 24.3 Å². The zero-order chi connectivity index (χ0) is 15.1. The smallest absolute Gasteiger partial charge is 0.207 e. The molecule has 108 valence electrons. The number of Topliss-reactive ketones (excluding diaryl/α,β-unsaturated/α-hetero) is 1. The second kappa shape index (κ2) is 14.4. The fraction of sp³-hybridized carbons (Fsp3) is 0.467. The van der Waals surface area contributed by atoms with E-state index in [9.17, 15) is 9.59 Å². The Kier molecular flexibility index (Phi) is 14.9. The number of carbonyl (C=O) groups is 2. The third-order valence-electron chi connectivity index (χ3n) is 2.08. The van der Waals surface area contributed by atoms with Gasteiger partial charge in [-0.15, -0.1) is 0 Å². The van der Waals surface area contributed by atoms with Crippen LogP contribution in [0.5, 0.6) is 0 Å². The fourth-order valence-corrected chi connectivity index (χ4v) is 1.12. The van der Waals surface area contributed by atoms with Gasteiger partial charge >= 0.3 is 0 Å². The maximum atomic E-state index is 10.0. The molecule has 0 aliphatic rings. The van der Waals surface area contributed by atoms with Crippen molar-refractivity contribution < 1.29 is 9.59 Å². The molecule has 1 rings (SSSR count). The first-order valence-electron chi connectivity index (χ1n) is 6.58. The van der Waals surface area contributed by atoms with Gasteiger partial charge in [-0.05, 0) is 24.5 Å². The van der Waals surface area contributed by atoms with E-state index in [1.165, 1.54) is 12.5 Å². The van der Waals surface area contributed by atoms with Gasteiger partial charge in [0, 0.05) is 6.54 Å². The summed E-state index contributed by atoms with van der Waals surface area (Å²) in [5.41, 5.74) is 7.28. The summed E-state index contributed by atoms with van der Waals surface area (Å²) < 4.78 is 0. The minimum Gasteiger partial charge on any atom is -0.355 e. The van der Waals surface area contributed by atoms with Gasteiger partial charge in [0.1, 0.15) is 5.78 Å². The molecular weight excluding hydrogens is 240 g/mol. The zero-order valence-electron chi connectivity index (χ0n) is 12.4. The molecule has 0 unspecified atom stereocenters. The second-order valence-corrected chi connectivity index (χ2v) is 3.58. The van der Waals surface area contributed by atoms with Crippen molar-refractivity contribution in [1.29, 1.82) is 0 Å². The molecule has 1 aromatic carbocycles. The van der Waals surface area contributed by atoms with Crippen LogP contribution in [0.3, 0.4) is 0 Å². The highest BCUT2D eigenvalue weighted by Gasteiger charge is 1.92. The first kappa shape index (κ1) is 19.7. The molecule has 0 aliphatic carbocycles. The minimum atomic E-state index is 0.0324. The summed E-state index contributed by atoms with van der Waals surface area (Å²) in [6.45, 7) is 8.36. The molecule has 0 radical (unpaired) electrons. The van der Waals surface area contributed by atoms with Crippen molar-refractivity contribution in [3.05, 3.63) is 35.4 Å². The van der Waals surface area contributed by atoms with Gasteiger partial charge in [0.2, 0.25) is 6.41 Å². The van der Waals surface area contributed by atoms with Gasteiger partial charge in [-0.1, -0.05) is 45.0 Å². The van der Waals surface area contributed by atoms with Gasteiger partial charge in [-0.2, -0.15) is 0 Å². The first-order chi connectivity index (χ1) is 9.13. The van der Waals surface area contributed by atoms with Crippen molar-refractivity contribution in [3.63, 3.8) is 0 Å². The number of amides is 1. The number of aryl methyl sites for hydroxylation is 1. The summed E-state index contributed by atoms with van der Waals surface area (Å²) in [6.07, 6.45) is 1.76. The van der Waals surface area contributed by atoms with Crippen molar-refractivity contribution in [3.8, 4) is 0 Å². The van der Waals surface area contributed by atoms with Gasteiger partial charge in [0.15, 0.2) is 0 Å². The third-order valence-corrected chi connectivity index (χ3v) is 2.08. The van der Waals surface area contributed by atoms with E-state index in [0.29, 0.717) is 6.54 Å². The zero-order valence-corrected chi connectivity index (χ0v) is 12.4. The Balaban J connectivity index is 0. The van der Waals surface area contributed by atoms with E-state index in [-0.39, 0.29) is 12.3 Å². The highest BCUT2D eigenvalue weighted by molar-refractivity contribution is 5.77. The maximum absolute atomic E-state index is 10.0. The number of ketones is 1. The standard InChI is InChI=1S/C10H13NO.C3H7NO.C2H6/c1-2-9-4-3-5-10(6-9)7-11-8-12;1-3(5)2-4;1-2/h3-6,8H,2,7H2,1H3,(H,11,12);2,4H2,1H3;1-2H3. The van der Waals surface area contributed by atoms with Crippen LogP contribution < -0.4 is 11.1 Å². The molecule has 0 saturated heterocycles. The van der Waals surface area contributed by atoms with Crippen molar-refractivity contribution >= 4 is 12.2 Å². The quantitative estimate of drug-likeness (QED) is 0.801. The summed E-state index contributed by atoms with van der Waals surface area (Å²) in [4.78, 5) is 19.7. The number of hydrogen-bond acceptors (Lipinski definition) is 3. The largest absolute Gasteiger partial charge is 0.355 e. The topological polar surface area (TPSA) is 72.2 Å². The van der Waals surface area contributed by atoms with Crippen LogP contribution in [-0.4, -0.2) is 18.7 Å². The molecule has 0 saturated carbocycles. The average Bonchev–Trinajstić information content (AvgIpc) is 2.48. The lowest BCUT2D eigenvalue weighted by Gasteiger charge is -2.01. The van der Waals surface area contributed by atoms with Crippen LogP contribution in [0.25, 0.3) is 0 Å². The Morgan fingerprint density at radius 2 is 1.84 bits per heavy atom. The number of nitrogens with one attached hydrogen (secondary N) is 1. The SMILES string of the molecule is CC.CC(=O)CN.CCc1cccc(CNC=O)c1. The van der Waals surface area contributed by atoms with Crippen molar-refractivity contribution in [2.24, 2.45) is 5.73 Å². The van der Waals surface area contributed by atoms with E-state index in [4.69, 9.17) is 5.73 Å². The summed E-state index contributed by atoms with van der Waals surface area (Å²) in [7, 11) is 0. The van der Waals surface area contributed by atoms with E-state index in [1.807, 2.05) is 26.0 Å². The molecule has 0 fully saturated rings. The molecule has 1 amide bonds. The van der Waals surface area contributed by atoms with E-state index in [0.717, 1.165) is 18.4 Å². The molecule has 0 bridgehead atoms. The van der Waals surface area contributed by atoms with Gasteiger partial charge in [-0.25, -0.2) is 0 Å². The van der Waals surface area contributed by atoms with Crippen LogP contribution in [0, 0.1) is 0 Å². The Labute approximate surface area is 116 Å². The predicted molar refractivity (Wildman–Crippen MR) is 79.8 cm³/mol. The molecule has 0 heterocycles. The summed E-state index contributed by atoms with van der Waals surface area (Å²) in [5.74, 6) is 0.0324. The van der Waals surface area contributed by atoms with Gasteiger partial charge in [0.05, 0.1) is 6.54 Å². The monoisotopic (exact) mass is 266 g/mol. The van der Waals surface area contributed by atoms with E-state index in [2.05, 4.69) is 24.4 Å².